The van der Waals surface area contributed by atoms with Gasteiger partial charge in [0.25, 0.3) is 5.91 Å². The summed E-state index contributed by atoms with van der Waals surface area (Å²) in [6, 6.07) is 6.11. The fraction of sp³-hybridized carbons (Fsp3) is 0.444. The minimum absolute atomic E-state index is 0.268. The number of carbonyl (C=O) groups is 1. The van der Waals surface area contributed by atoms with E-state index in [1.165, 1.54) is 7.11 Å². The SMILES string of the molecule is COc1ccc(C(=O)Nc2cn(COCC[Si](C)(C)C)cn2)cc1OC. The number of ether oxygens (including phenoxy) is 3. The predicted molar refractivity (Wildman–Crippen MR) is 104 cm³/mol. The van der Waals surface area contributed by atoms with E-state index in [0.717, 1.165) is 12.7 Å². The highest BCUT2D eigenvalue weighted by atomic mass is 28.3. The third kappa shape index (κ3) is 5.89. The molecule has 0 fully saturated rings. The quantitative estimate of drug-likeness (QED) is 0.535. The molecule has 0 saturated carbocycles. The number of benzene rings is 1. The van der Waals surface area contributed by atoms with Crippen LogP contribution in [0.2, 0.25) is 25.7 Å². The molecule has 0 unspecified atom stereocenters. The summed E-state index contributed by atoms with van der Waals surface area (Å²) in [4.78, 5) is 16.6. The first-order valence-corrected chi connectivity index (χ1v) is 12.2. The molecule has 0 aliphatic carbocycles. The average Bonchev–Trinajstić information content (AvgIpc) is 3.04. The molecule has 1 N–H and O–H groups in total. The molecule has 26 heavy (non-hydrogen) atoms. The Morgan fingerprint density at radius 2 is 1.92 bits per heavy atom. The second-order valence-electron chi connectivity index (χ2n) is 7.15. The highest BCUT2D eigenvalue weighted by Crippen LogP contribution is 2.27. The van der Waals surface area contributed by atoms with Gasteiger partial charge in [-0.25, -0.2) is 4.98 Å². The van der Waals surface area contributed by atoms with Crippen LogP contribution in [0.4, 0.5) is 5.82 Å². The van der Waals surface area contributed by atoms with Crippen LogP contribution in [0.3, 0.4) is 0 Å². The summed E-state index contributed by atoms with van der Waals surface area (Å²) in [6.07, 6.45) is 3.38. The topological polar surface area (TPSA) is 74.6 Å². The molecule has 2 rings (SSSR count). The van der Waals surface area contributed by atoms with E-state index in [-0.39, 0.29) is 5.91 Å². The summed E-state index contributed by atoms with van der Waals surface area (Å²) in [6.45, 7) is 8.10. The van der Waals surface area contributed by atoms with Gasteiger partial charge in [0.15, 0.2) is 17.3 Å². The smallest absolute Gasteiger partial charge is 0.256 e. The Bertz CT molecular complexity index is 740. The monoisotopic (exact) mass is 377 g/mol. The molecule has 2 aromatic rings. The number of rotatable bonds is 9. The lowest BCUT2D eigenvalue weighted by atomic mass is 10.2. The van der Waals surface area contributed by atoms with Crippen LogP contribution in [0.5, 0.6) is 11.5 Å². The normalized spacial score (nSPS) is 11.3. The Balaban J connectivity index is 1.91. The second-order valence-corrected chi connectivity index (χ2v) is 12.8. The van der Waals surface area contributed by atoms with E-state index in [2.05, 4.69) is 29.9 Å². The maximum Gasteiger partial charge on any atom is 0.256 e. The summed E-state index contributed by atoms with van der Waals surface area (Å²) in [5, 5.41) is 2.77. The van der Waals surface area contributed by atoms with Crippen molar-refractivity contribution in [2.75, 3.05) is 26.1 Å². The van der Waals surface area contributed by atoms with Crippen molar-refractivity contribution in [1.29, 1.82) is 0 Å². The molecule has 8 heteroatoms. The Kier molecular flexibility index (Phi) is 6.81. The molecular formula is C18H27N3O4Si. The molecule has 0 aliphatic heterocycles. The zero-order valence-electron chi connectivity index (χ0n) is 16.0. The summed E-state index contributed by atoms with van der Waals surface area (Å²) in [5.41, 5.74) is 0.462. The number of amides is 1. The molecule has 1 aromatic carbocycles. The number of carbonyl (C=O) groups excluding carboxylic acids is 1. The first-order valence-electron chi connectivity index (χ1n) is 8.45. The van der Waals surface area contributed by atoms with Crippen molar-refractivity contribution >= 4 is 19.8 Å². The van der Waals surface area contributed by atoms with E-state index >= 15 is 0 Å². The molecule has 7 nitrogen and oxygen atoms in total. The number of imidazole rings is 1. The van der Waals surface area contributed by atoms with Gasteiger partial charge in [-0.05, 0) is 24.2 Å². The Hall–Kier alpha value is -2.32. The Morgan fingerprint density at radius 3 is 2.58 bits per heavy atom. The van der Waals surface area contributed by atoms with E-state index in [0.29, 0.717) is 29.6 Å². The van der Waals surface area contributed by atoms with E-state index in [1.807, 2.05) is 0 Å². The Morgan fingerprint density at radius 1 is 1.19 bits per heavy atom. The molecule has 0 radical (unpaired) electrons. The van der Waals surface area contributed by atoms with Gasteiger partial charge in [-0.15, -0.1) is 0 Å². The molecule has 1 heterocycles. The van der Waals surface area contributed by atoms with E-state index in [9.17, 15) is 4.79 Å². The van der Waals surface area contributed by atoms with Crippen molar-refractivity contribution in [2.45, 2.75) is 32.4 Å². The van der Waals surface area contributed by atoms with Gasteiger partial charge in [0.1, 0.15) is 6.73 Å². The van der Waals surface area contributed by atoms with Crippen LogP contribution >= 0.6 is 0 Å². The van der Waals surface area contributed by atoms with Gasteiger partial charge in [0.05, 0.1) is 26.7 Å². The van der Waals surface area contributed by atoms with E-state index in [4.69, 9.17) is 14.2 Å². The summed E-state index contributed by atoms with van der Waals surface area (Å²) >= 11 is 0. The van der Waals surface area contributed by atoms with Gasteiger partial charge in [-0.2, -0.15) is 0 Å². The predicted octanol–water partition coefficient (Wildman–Crippen LogP) is 3.46. The van der Waals surface area contributed by atoms with Crippen LogP contribution in [0, 0.1) is 0 Å². The van der Waals surface area contributed by atoms with Crippen LogP contribution in [0.15, 0.2) is 30.7 Å². The number of nitrogens with zero attached hydrogens (tertiary/aromatic N) is 2. The highest BCUT2D eigenvalue weighted by Gasteiger charge is 2.13. The van der Waals surface area contributed by atoms with Crippen molar-refractivity contribution < 1.29 is 19.0 Å². The van der Waals surface area contributed by atoms with Crippen LogP contribution in [-0.2, 0) is 11.5 Å². The lowest BCUT2D eigenvalue weighted by Crippen LogP contribution is -2.21. The van der Waals surface area contributed by atoms with Crippen LogP contribution < -0.4 is 14.8 Å². The first kappa shape index (κ1) is 20.0. The molecule has 1 amide bonds. The number of anilines is 1. The maximum absolute atomic E-state index is 12.4. The molecule has 0 atom stereocenters. The highest BCUT2D eigenvalue weighted by molar-refractivity contribution is 6.76. The van der Waals surface area contributed by atoms with Gasteiger partial charge in [0.2, 0.25) is 0 Å². The molecule has 142 valence electrons. The number of aromatic nitrogens is 2. The summed E-state index contributed by atoms with van der Waals surface area (Å²) in [7, 11) is 1.99. The van der Waals surface area contributed by atoms with Crippen molar-refractivity contribution in [3.63, 3.8) is 0 Å². The van der Waals surface area contributed by atoms with Gasteiger partial charge in [-0.3, -0.25) is 4.79 Å². The molecule has 1 aromatic heterocycles. The fourth-order valence-electron chi connectivity index (χ4n) is 2.21. The molecule has 0 bridgehead atoms. The number of hydrogen-bond acceptors (Lipinski definition) is 5. The van der Waals surface area contributed by atoms with Crippen molar-refractivity contribution in [3.8, 4) is 11.5 Å². The second kappa shape index (κ2) is 8.86. The zero-order chi connectivity index (χ0) is 19.2. The van der Waals surface area contributed by atoms with Crippen molar-refractivity contribution in [3.05, 3.63) is 36.3 Å². The average molecular weight is 378 g/mol. The lowest BCUT2D eigenvalue weighted by molar-refractivity contribution is 0.0871. The lowest BCUT2D eigenvalue weighted by Gasteiger charge is -2.15. The minimum atomic E-state index is -1.09. The summed E-state index contributed by atoms with van der Waals surface area (Å²) < 4.78 is 17.9. The van der Waals surface area contributed by atoms with Crippen molar-refractivity contribution in [2.24, 2.45) is 0 Å². The van der Waals surface area contributed by atoms with E-state index < -0.39 is 8.07 Å². The zero-order valence-corrected chi connectivity index (χ0v) is 17.0. The maximum atomic E-state index is 12.4. The van der Waals surface area contributed by atoms with Gasteiger partial charge in [0, 0.05) is 20.2 Å². The summed E-state index contributed by atoms with van der Waals surface area (Å²) in [5.74, 6) is 1.28. The minimum Gasteiger partial charge on any atom is -0.493 e. The molecule has 0 aliphatic rings. The fourth-order valence-corrected chi connectivity index (χ4v) is 2.97. The third-order valence-corrected chi connectivity index (χ3v) is 5.46. The third-order valence-electron chi connectivity index (χ3n) is 3.76. The van der Waals surface area contributed by atoms with Gasteiger partial charge < -0.3 is 24.1 Å². The van der Waals surface area contributed by atoms with Gasteiger partial charge >= 0.3 is 0 Å². The molecule has 0 saturated heterocycles. The Labute approximate surface area is 155 Å². The number of nitrogens with one attached hydrogen (secondary N) is 1. The largest absolute Gasteiger partial charge is 0.493 e. The van der Waals surface area contributed by atoms with Crippen molar-refractivity contribution in [1.82, 2.24) is 9.55 Å². The van der Waals surface area contributed by atoms with E-state index in [1.54, 1.807) is 42.4 Å². The van der Waals surface area contributed by atoms with Crippen LogP contribution in [-0.4, -0.2) is 44.4 Å². The number of hydrogen-bond donors (Lipinski definition) is 1. The van der Waals surface area contributed by atoms with Crippen LogP contribution in [0.1, 0.15) is 10.4 Å². The number of methoxy groups -OCH3 is 2. The standard InChI is InChI=1S/C18H27N3O4Si/c1-23-15-7-6-14(10-16(15)24-2)18(22)20-17-11-21(12-19-17)13-25-8-9-26(3,4)5/h6-7,10-12H,8-9,13H2,1-5H3,(H,20,22). The van der Waals surface area contributed by atoms with Gasteiger partial charge in [-0.1, -0.05) is 19.6 Å². The molecule has 0 spiro atoms. The molecular weight excluding hydrogens is 350 g/mol. The first-order chi connectivity index (χ1) is 12.3. The van der Waals surface area contributed by atoms with Crippen LogP contribution in [0.25, 0.3) is 0 Å².